The lowest BCUT2D eigenvalue weighted by Crippen LogP contribution is -2.41. The van der Waals surface area contributed by atoms with Crippen molar-refractivity contribution in [2.75, 3.05) is 18.1 Å². The van der Waals surface area contributed by atoms with Crippen LogP contribution in [0.15, 0.2) is 60.7 Å². The van der Waals surface area contributed by atoms with E-state index < -0.39 is 17.9 Å². The quantitative estimate of drug-likeness (QED) is 0.418. The number of ether oxygens (including phenoxy) is 2. The van der Waals surface area contributed by atoms with Gasteiger partial charge in [0.05, 0.1) is 13.2 Å². The lowest BCUT2D eigenvalue weighted by molar-refractivity contribution is -0.157. The first kappa shape index (κ1) is 19.6. The van der Waals surface area contributed by atoms with E-state index in [1.54, 1.807) is 18.7 Å². The summed E-state index contributed by atoms with van der Waals surface area (Å²) in [5.41, 5.74) is 1.48. The fourth-order valence-electron chi connectivity index (χ4n) is 2.44. The Bertz CT molecular complexity index is 691. The summed E-state index contributed by atoms with van der Waals surface area (Å²) in [4.78, 5) is 26.7. The van der Waals surface area contributed by atoms with E-state index >= 15 is 0 Å². The van der Waals surface area contributed by atoms with Crippen molar-refractivity contribution in [3.63, 3.8) is 0 Å². The average Bonchev–Trinajstić information content (AvgIpc) is 2.64. The van der Waals surface area contributed by atoms with Gasteiger partial charge in [0.2, 0.25) is 5.92 Å². The number of esters is 2. The van der Waals surface area contributed by atoms with Gasteiger partial charge in [-0.25, -0.2) is 0 Å². The number of hydrogen-bond acceptors (Lipinski definition) is 5. The summed E-state index contributed by atoms with van der Waals surface area (Å²) in [6.07, 6.45) is 0. The first-order chi connectivity index (χ1) is 12.6. The van der Waals surface area contributed by atoms with Gasteiger partial charge in [-0.05, 0) is 38.1 Å². The van der Waals surface area contributed by atoms with Crippen LogP contribution in [0.4, 0.5) is 11.4 Å². The SMILES string of the molecule is CCOC(=O)C(C(=O)OCC)C(=S)N(c1ccccc1)c1ccccc1. The van der Waals surface area contributed by atoms with Crippen LogP contribution in [0.3, 0.4) is 0 Å². The lowest BCUT2D eigenvalue weighted by atomic mass is 10.1. The number of anilines is 2. The van der Waals surface area contributed by atoms with E-state index in [4.69, 9.17) is 21.7 Å². The number of thiocarbonyl (C=S) groups is 1. The monoisotopic (exact) mass is 371 g/mol. The van der Waals surface area contributed by atoms with Crippen molar-refractivity contribution in [1.82, 2.24) is 0 Å². The van der Waals surface area contributed by atoms with Crippen LogP contribution in [0.25, 0.3) is 0 Å². The second kappa shape index (κ2) is 9.68. The Morgan fingerprint density at radius 1 is 0.846 bits per heavy atom. The van der Waals surface area contributed by atoms with Crippen LogP contribution < -0.4 is 4.90 Å². The minimum Gasteiger partial charge on any atom is -0.465 e. The largest absolute Gasteiger partial charge is 0.465 e. The van der Waals surface area contributed by atoms with E-state index in [2.05, 4.69) is 0 Å². The summed E-state index contributed by atoms with van der Waals surface area (Å²) in [6, 6.07) is 18.6. The molecule has 0 unspecified atom stereocenters. The third-order valence-electron chi connectivity index (χ3n) is 3.54. The summed E-state index contributed by atoms with van der Waals surface area (Å²) in [5.74, 6) is -2.74. The zero-order valence-electron chi connectivity index (χ0n) is 14.8. The molecule has 0 aliphatic rings. The minimum absolute atomic E-state index is 0.110. The molecule has 2 rings (SSSR count). The molecule has 136 valence electrons. The van der Waals surface area contributed by atoms with E-state index in [0.717, 1.165) is 11.4 Å². The van der Waals surface area contributed by atoms with Crippen molar-refractivity contribution < 1.29 is 19.1 Å². The molecule has 5 nitrogen and oxygen atoms in total. The summed E-state index contributed by atoms with van der Waals surface area (Å²) >= 11 is 5.57. The fraction of sp³-hybridized carbons (Fsp3) is 0.250. The fourth-order valence-corrected chi connectivity index (χ4v) is 2.84. The highest BCUT2D eigenvalue weighted by molar-refractivity contribution is 7.80. The van der Waals surface area contributed by atoms with Crippen LogP contribution in [0, 0.1) is 5.92 Å². The van der Waals surface area contributed by atoms with Gasteiger partial charge >= 0.3 is 11.9 Å². The predicted octanol–water partition coefficient (Wildman–Crippen LogP) is 3.89. The van der Waals surface area contributed by atoms with Crippen LogP contribution in [-0.4, -0.2) is 30.1 Å². The molecule has 26 heavy (non-hydrogen) atoms. The number of carbonyl (C=O) groups excluding carboxylic acids is 2. The Kier molecular flexibility index (Phi) is 7.29. The van der Waals surface area contributed by atoms with Gasteiger partial charge in [-0.15, -0.1) is 0 Å². The van der Waals surface area contributed by atoms with Crippen LogP contribution in [-0.2, 0) is 19.1 Å². The van der Waals surface area contributed by atoms with Crippen molar-refractivity contribution in [2.24, 2.45) is 5.92 Å². The molecule has 0 fully saturated rings. The molecular weight excluding hydrogens is 350 g/mol. The number of carbonyl (C=O) groups is 2. The second-order valence-electron chi connectivity index (χ2n) is 5.28. The highest BCUT2D eigenvalue weighted by atomic mass is 32.1. The van der Waals surface area contributed by atoms with Gasteiger partial charge in [-0.2, -0.15) is 0 Å². The van der Waals surface area contributed by atoms with E-state index in [9.17, 15) is 9.59 Å². The highest BCUT2D eigenvalue weighted by Gasteiger charge is 2.37. The molecule has 2 aromatic rings. The summed E-state index contributed by atoms with van der Waals surface area (Å²) < 4.78 is 10.1. The maximum Gasteiger partial charge on any atom is 0.327 e. The van der Waals surface area contributed by atoms with Crippen LogP contribution in [0.2, 0.25) is 0 Å². The summed E-state index contributed by atoms with van der Waals surface area (Å²) in [5, 5.41) is 0. The van der Waals surface area contributed by atoms with E-state index in [1.807, 2.05) is 60.7 Å². The Morgan fingerprint density at radius 2 is 1.23 bits per heavy atom. The number of benzene rings is 2. The maximum absolute atomic E-state index is 12.4. The molecule has 0 spiro atoms. The molecule has 0 amide bonds. The summed E-state index contributed by atoms with van der Waals surface area (Å²) in [6.45, 7) is 3.65. The summed E-state index contributed by atoms with van der Waals surface area (Å²) in [7, 11) is 0. The Labute approximate surface area is 158 Å². The van der Waals surface area contributed by atoms with Gasteiger partial charge in [0.25, 0.3) is 0 Å². The Hall–Kier alpha value is -2.73. The second-order valence-corrected chi connectivity index (χ2v) is 5.70. The molecule has 0 saturated carbocycles. The zero-order chi connectivity index (χ0) is 18.9. The van der Waals surface area contributed by atoms with Crippen LogP contribution in [0.1, 0.15) is 13.8 Å². The maximum atomic E-state index is 12.4. The van der Waals surface area contributed by atoms with Crippen molar-refractivity contribution in [2.45, 2.75) is 13.8 Å². The molecule has 0 heterocycles. The normalized spacial score (nSPS) is 10.3. The molecule has 0 aliphatic heterocycles. The molecule has 2 aromatic carbocycles. The van der Waals surface area contributed by atoms with Gasteiger partial charge in [0.1, 0.15) is 4.99 Å². The van der Waals surface area contributed by atoms with Gasteiger partial charge in [0.15, 0.2) is 0 Å². The van der Waals surface area contributed by atoms with Crippen LogP contribution in [0.5, 0.6) is 0 Å². The van der Waals surface area contributed by atoms with Gasteiger partial charge in [0, 0.05) is 11.4 Å². The molecule has 0 bridgehead atoms. The first-order valence-electron chi connectivity index (χ1n) is 8.37. The van der Waals surface area contributed by atoms with Gasteiger partial charge in [-0.1, -0.05) is 48.6 Å². The molecular formula is C20H21NO4S. The Balaban J connectivity index is 2.48. The van der Waals surface area contributed by atoms with Crippen LogP contribution >= 0.6 is 12.2 Å². The molecule has 0 atom stereocenters. The molecule has 0 saturated heterocycles. The number of rotatable bonds is 7. The van der Waals surface area contributed by atoms with E-state index in [1.165, 1.54) is 0 Å². The van der Waals surface area contributed by atoms with Crippen molar-refractivity contribution in [3.05, 3.63) is 60.7 Å². The van der Waals surface area contributed by atoms with Gasteiger partial charge in [-0.3, -0.25) is 9.59 Å². The third kappa shape index (κ3) is 4.67. The lowest BCUT2D eigenvalue weighted by Gasteiger charge is -2.28. The molecule has 0 radical (unpaired) electrons. The van der Waals surface area contributed by atoms with Crippen molar-refractivity contribution in [1.29, 1.82) is 0 Å². The topological polar surface area (TPSA) is 55.8 Å². The van der Waals surface area contributed by atoms with Gasteiger partial charge < -0.3 is 14.4 Å². The van der Waals surface area contributed by atoms with E-state index in [-0.39, 0.29) is 18.2 Å². The molecule has 0 aromatic heterocycles. The first-order valence-corrected chi connectivity index (χ1v) is 8.78. The minimum atomic E-state index is -1.31. The molecule has 0 N–H and O–H groups in total. The smallest absolute Gasteiger partial charge is 0.327 e. The number of hydrogen-bond donors (Lipinski definition) is 0. The zero-order valence-corrected chi connectivity index (χ0v) is 15.6. The molecule has 0 aliphatic carbocycles. The number of nitrogens with zero attached hydrogens (tertiary/aromatic N) is 1. The third-order valence-corrected chi connectivity index (χ3v) is 3.96. The average molecular weight is 371 g/mol. The highest BCUT2D eigenvalue weighted by Crippen LogP contribution is 2.28. The van der Waals surface area contributed by atoms with Crippen molar-refractivity contribution >= 4 is 40.5 Å². The van der Waals surface area contributed by atoms with Crippen molar-refractivity contribution in [3.8, 4) is 0 Å². The standard InChI is InChI=1S/C20H21NO4S/c1-3-24-19(22)17(20(23)25-4-2)18(26)21(15-11-7-5-8-12-15)16-13-9-6-10-14-16/h5-14,17H,3-4H2,1-2H3. The Morgan fingerprint density at radius 3 is 1.58 bits per heavy atom. The predicted molar refractivity (Wildman–Crippen MR) is 104 cm³/mol. The number of para-hydroxylation sites is 2. The van der Waals surface area contributed by atoms with E-state index in [0.29, 0.717) is 0 Å². The molecule has 6 heteroatoms.